The van der Waals surface area contributed by atoms with Gasteiger partial charge in [-0.3, -0.25) is 0 Å². The first-order valence-corrected chi connectivity index (χ1v) is 3.90. The van der Waals surface area contributed by atoms with Crippen molar-refractivity contribution in [3.63, 3.8) is 0 Å². The predicted molar refractivity (Wildman–Crippen MR) is 48.1 cm³/mol. The summed E-state index contributed by atoms with van der Waals surface area (Å²) in [5.41, 5.74) is 2.32. The smallest absolute Gasteiger partial charge is 0.115 e. The lowest BCUT2D eigenvalue weighted by Crippen LogP contribution is -1.74. The van der Waals surface area contributed by atoms with E-state index >= 15 is 0 Å². The molecule has 2 aromatic heterocycles. The van der Waals surface area contributed by atoms with Crippen molar-refractivity contribution in [2.45, 2.75) is 0 Å². The van der Waals surface area contributed by atoms with E-state index in [2.05, 4.69) is 33.8 Å². The predicted octanol–water partition coefficient (Wildman–Crippen LogP) is 2.22. The maximum atomic E-state index is 3.05. The van der Waals surface area contributed by atoms with E-state index in [0.717, 1.165) is 5.65 Å². The fraction of sp³-hybridized carbons (Fsp3) is 0. The molecular weight excluding hydrogens is 148 g/mol. The van der Waals surface area contributed by atoms with Crippen molar-refractivity contribution in [3.05, 3.63) is 42.7 Å². The molecule has 0 saturated carbocycles. The van der Waals surface area contributed by atoms with E-state index in [-0.39, 0.29) is 0 Å². The van der Waals surface area contributed by atoms with Gasteiger partial charge >= 0.3 is 0 Å². The molecule has 0 amide bonds. The van der Waals surface area contributed by atoms with Crippen molar-refractivity contribution in [1.82, 2.24) is 9.38 Å². The Morgan fingerprint density at radius 1 is 1.25 bits per heavy atom. The lowest BCUT2D eigenvalue weighted by Gasteiger charge is -1.88. The average Bonchev–Trinajstić information content (AvgIpc) is 2.62. The molecule has 1 aromatic carbocycles. The standard InChI is InChI=1S/C10H7N2/c1-2-4-9-8(3-1)7-10-11-5-6-12(9)10/h1-4,6-7,11H. The van der Waals surface area contributed by atoms with E-state index in [0.29, 0.717) is 0 Å². The van der Waals surface area contributed by atoms with E-state index < -0.39 is 0 Å². The summed E-state index contributed by atoms with van der Waals surface area (Å²) in [6, 6.07) is 10.4. The van der Waals surface area contributed by atoms with Crippen LogP contribution >= 0.6 is 0 Å². The SMILES string of the molecule is [c]1cn2c(cc3ccccc32)[nH]1. The minimum absolute atomic E-state index is 1.09. The summed E-state index contributed by atoms with van der Waals surface area (Å²) >= 11 is 0. The lowest BCUT2D eigenvalue weighted by molar-refractivity contribution is 1.29. The number of hydrogen-bond acceptors (Lipinski definition) is 0. The molecule has 1 N–H and O–H groups in total. The highest BCUT2D eigenvalue weighted by Crippen LogP contribution is 2.17. The van der Waals surface area contributed by atoms with Crippen LogP contribution in [0.4, 0.5) is 0 Å². The van der Waals surface area contributed by atoms with E-state index in [1.165, 1.54) is 10.9 Å². The zero-order valence-corrected chi connectivity index (χ0v) is 6.41. The number of imidazole rings is 1. The van der Waals surface area contributed by atoms with E-state index in [9.17, 15) is 0 Å². The molecule has 57 valence electrons. The molecule has 0 aliphatic heterocycles. The Morgan fingerprint density at radius 3 is 3.17 bits per heavy atom. The number of aromatic amines is 1. The molecular formula is C10H7N2. The highest BCUT2D eigenvalue weighted by Gasteiger charge is 2.00. The Kier molecular flexibility index (Phi) is 0.939. The van der Waals surface area contributed by atoms with Gasteiger partial charge in [0, 0.05) is 11.6 Å². The number of H-pyrrole nitrogens is 1. The van der Waals surface area contributed by atoms with Crippen LogP contribution in [-0.2, 0) is 0 Å². The summed E-state index contributed by atoms with van der Waals surface area (Å²) < 4.78 is 2.09. The van der Waals surface area contributed by atoms with Crippen LogP contribution in [0, 0.1) is 6.20 Å². The summed E-state index contributed by atoms with van der Waals surface area (Å²) in [5, 5.41) is 1.26. The molecule has 12 heavy (non-hydrogen) atoms. The fourth-order valence-electron chi connectivity index (χ4n) is 1.58. The third-order valence-electron chi connectivity index (χ3n) is 2.14. The largest absolute Gasteiger partial charge is 0.338 e. The number of hydrogen-bond donors (Lipinski definition) is 1. The van der Waals surface area contributed by atoms with Crippen LogP contribution in [-0.4, -0.2) is 9.38 Å². The molecule has 3 rings (SSSR count). The summed E-state index contributed by atoms with van der Waals surface area (Å²) in [6.07, 6.45) is 4.86. The Bertz CT molecular complexity index is 530. The van der Waals surface area contributed by atoms with Crippen LogP contribution in [0.1, 0.15) is 0 Å². The molecule has 2 heteroatoms. The Morgan fingerprint density at radius 2 is 2.17 bits per heavy atom. The minimum atomic E-state index is 1.09. The molecule has 0 bridgehead atoms. The number of nitrogens with zero attached hydrogens (tertiary/aromatic N) is 1. The zero-order valence-electron chi connectivity index (χ0n) is 6.41. The van der Waals surface area contributed by atoms with Gasteiger partial charge in [0.15, 0.2) is 0 Å². The summed E-state index contributed by atoms with van der Waals surface area (Å²) in [4.78, 5) is 3.05. The van der Waals surface area contributed by atoms with Crippen molar-refractivity contribution in [2.24, 2.45) is 0 Å². The fourth-order valence-corrected chi connectivity index (χ4v) is 1.58. The normalized spacial score (nSPS) is 11.3. The van der Waals surface area contributed by atoms with Gasteiger partial charge in [-0.2, -0.15) is 0 Å². The van der Waals surface area contributed by atoms with Gasteiger partial charge in [0.1, 0.15) is 5.65 Å². The summed E-state index contributed by atoms with van der Waals surface area (Å²) in [6.45, 7) is 0. The number of benzene rings is 1. The molecule has 0 fully saturated rings. The maximum absolute atomic E-state index is 3.05. The molecule has 1 radical (unpaired) electrons. The van der Waals surface area contributed by atoms with Crippen LogP contribution < -0.4 is 0 Å². The van der Waals surface area contributed by atoms with Crippen molar-refractivity contribution in [2.75, 3.05) is 0 Å². The van der Waals surface area contributed by atoms with Crippen molar-refractivity contribution in [1.29, 1.82) is 0 Å². The maximum Gasteiger partial charge on any atom is 0.115 e. The van der Waals surface area contributed by atoms with Gasteiger partial charge in [-0.05, 0) is 12.1 Å². The zero-order chi connectivity index (χ0) is 7.97. The minimum Gasteiger partial charge on any atom is -0.338 e. The van der Waals surface area contributed by atoms with Gasteiger partial charge in [-0.15, -0.1) is 0 Å². The van der Waals surface area contributed by atoms with Crippen LogP contribution in [0.25, 0.3) is 16.6 Å². The average molecular weight is 155 g/mol. The molecule has 2 nitrogen and oxygen atoms in total. The van der Waals surface area contributed by atoms with Gasteiger partial charge < -0.3 is 9.38 Å². The highest BCUT2D eigenvalue weighted by atomic mass is 15.0. The van der Waals surface area contributed by atoms with Gasteiger partial charge in [-0.25, -0.2) is 0 Å². The van der Waals surface area contributed by atoms with Crippen molar-refractivity contribution in [3.8, 4) is 0 Å². The van der Waals surface area contributed by atoms with E-state index in [4.69, 9.17) is 0 Å². The van der Waals surface area contributed by atoms with Crippen LogP contribution in [0.15, 0.2) is 36.5 Å². The second-order valence-corrected chi connectivity index (χ2v) is 2.86. The number of aromatic nitrogens is 2. The topological polar surface area (TPSA) is 20.2 Å². The molecule has 0 spiro atoms. The highest BCUT2D eigenvalue weighted by molar-refractivity contribution is 5.85. The van der Waals surface area contributed by atoms with Crippen molar-refractivity contribution >= 4 is 16.6 Å². The Hall–Kier alpha value is -1.70. The monoisotopic (exact) mass is 155 g/mol. The molecule has 0 unspecified atom stereocenters. The van der Waals surface area contributed by atoms with Gasteiger partial charge in [0.25, 0.3) is 0 Å². The number of nitrogens with one attached hydrogen (secondary N) is 1. The second kappa shape index (κ2) is 1.91. The second-order valence-electron chi connectivity index (χ2n) is 2.86. The van der Waals surface area contributed by atoms with Gasteiger partial charge in [-0.1, -0.05) is 18.2 Å². The third-order valence-corrected chi connectivity index (χ3v) is 2.14. The molecule has 0 aliphatic carbocycles. The van der Waals surface area contributed by atoms with Crippen molar-refractivity contribution < 1.29 is 0 Å². The third kappa shape index (κ3) is 0.593. The van der Waals surface area contributed by atoms with E-state index in [1.807, 2.05) is 18.3 Å². The summed E-state index contributed by atoms with van der Waals surface area (Å²) in [5.74, 6) is 0. The number of fused-ring (bicyclic) bond motifs is 3. The summed E-state index contributed by atoms with van der Waals surface area (Å²) in [7, 11) is 0. The first-order valence-electron chi connectivity index (χ1n) is 3.90. The van der Waals surface area contributed by atoms with Gasteiger partial charge in [0.05, 0.1) is 11.7 Å². The Balaban J connectivity index is 2.68. The molecule has 0 saturated heterocycles. The quantitative estimate of drug-likeness (QED) is 0.513. The lowest BCUT2D eigenvalue weighted by atomic mass is 10.2. The first-order chi connectivity index (χ1) is 5.95. The molecule has 0 aliphatic rings. The number of rotatable bonds is 0. The first kappa shape index (κ1) is 5.89. The molecule has 0 atom stereocenters. The Labute approximate surface area is 69.4 Å². The van der Waals surface area contributed by atoms with Crippen LogP contribution in [0.2, 0.25) is 0 Å². The van der Waals surface area contributed by atoms with Crippen LogP contribution in [0.3, 0.4) is 0 Å². The van der Waals surface area contributed by atoms with Gasteiger partial charge in [0.2, 0.25) is 0 Å². The number of para-hydroxylation sites is 1. The molecule has 3 aromatic rings. The molecule has 2 heterocycles. The van der Waals surface area contributed by atoms with E-state index in [1.54, 1.807) is 0 Å². The van der Waals surface area contributed by atoms with Crippen LogP contribution in [0.5, 0.6) is 0 Å².